The molecule has 1 aliphatic carbocycles. The van der Waals surface area contributed by atoms with Gasteiger partial charge in [0.25, 0.3) is 0 Å². The van der Waals surface area contributed by atoms with Crippen molar-refractivity contribution in [2.24, 2.45) is 5.92 Å². The fourth-order valence-electron chi connectivity index (χ4n) is 2.96. The fourth-order valence-corrected chi connectivity index (χ4v) is 2.96. The third-order valence-corrected chi connectivity index (χ3v) is 4.14. The van der Waals surface area contributed by atoms with Gasteiger partial charge in [-0.3, -0.25) is 9.69 Å². The predicted molar refractivity (Wildman–Crippen MR) is 79.6 cm³/mol. The molecule has 1 fully saturated rings. The van der Waals surface area contributed by atoms with Crippen LogP contribution in [0.2, 0.25) is 0 Å². The minimum Gasteiger partial charge on any atom is -0.299 e. The number of hydrogen-bond donors (Lipinski definition) is 0. The number of aryl methyl sites for hydroxylation is 1. The van der Waals surface area contributed by atoms with Gasteiger partial charge in [0.15, 0.2) is 5.78 Å². The molecular formula is C17H25NO. The summed E-state index contributed by atoms with van der Waals surface area (Å²) < 4.78 is 0. The monoisotopic (exact) mass is 259 g/mol. The molecule has 0 unspecified atom stereocenters. The zero-order valence-corrected chi connectivity index (χ0v) is 12.2. The Morgan fingerprint density at radius 2 is 1.84 bits per heavy atom. The van der Waals surface area contributed by atoms with Crippen LogP contribution in [0.5, 0.6) is 0 Å². The molecule has 2 rings (SSSR count). The van der Waals surface area contributed by atoms with E-state index >= 15 is 0 Å². The lowest BCUT2D eigenvalue weighted by molar-refractivity contribution is 0.0938. The van der Waals surface area contributed by atoms with Crippen LogP contribution in [-0.2, 0) is 6.42 Å². The van der Waals surface area contributed by atoms with Gasteiger partial charge in [0.1, 0.15) is 0 Å². The van der Waals surface area contributed by atoms with Gasteiger partial charge in [-0.1, -0.05) is 44.0 Å². The van der Waals surface area contributed by atoms with Crippen LogP contribution in [0.3, 0.4) is 0 Å². The molecule has 2 nitrogen and oxygen atoms in total. The zero-order chi connectivity index (χ0) is 13.7. The first-order valence-electron chi connectivity index (χ1n) is 7.49. The Bertz CT molecular complexity index is 404. The normalized spacial score (nSPS) is 16.2. The number of nitrogens with zero attached hydrogens (tertiary/aromatic N) is 1. The predicted octanol–water partition coefficient (Wildman–Crippen LogP) is 3.55. The molecule has 1 saturated carbocycles. The van der Waals surface area contributed by atoms with Crippen molar-refractivity contribution in [3.8, 4) is 0 Å². The van der Waals surface area contributed by atoms with Crippen molar-refractivity contribution in [2.75, 3.05) is 20.1 Å². The molecule has 104 valence electrons. The Morgan fingerprint density at radius 3 is 2.42 bits per heavy atom. The Kier molecular flexibility index (Phi) is 5.15. The first-order valence-corrected chi connectivity index (χ1v) is 7.49. The van der Waals surface area contributed by atoms with Crippen LogP contribution in [0, 0.1) is 5.92 Å². The van der Waals surface area contributed by atoms with Crippen LogP contribution in [0.1, 0.15) is 48.5 Å². The number of hydrogen-bond acceptors (Lipinski definition) is 2. The average Bonchev–Trinajstić information content (AvgIpc) is 2.91. The van der Waals surface area contributed by atoms with Crippen molar-refractivity contribution < 1.29 is 4.79 Å². The van der Waals surface area contributed by atoms with E-state index in [1.807, 2.05) is 12.1 Å². The zero-order valence-electron chi connectivity index (χ0n) is 12.2. The van der Waals surface area contributed by atoms with Crippen LogP contribution >= 0.6 is 0 Å². The SMILES string of the molecule is CCc1ccc(C(=O)CN(C)CC2CCCC2)cc1. The lowest BCUT2D eigenvalue weighted by Crippen LogP contribution is -2.30. The van der Waals surface area contributed by atoms with E-state index in [9.17, 15) is 4.79 Å². The van der Waals surface area contributed by atoms with E-state index in [2.05, 4.69) is 31.0 Å². The largest absolute Gasteiger partial charge is 0.299 e. The second kappa shape index (κ2) is 6.85. The molecule has 0 saturated heterocycles. The number of ketones is 1. The van der Waals surface area contributed by atoms with Crippen LogP contribution in [0.15, 0.2) is 24.3 Å². The van der Waals surface area contributed by atoms with E-state index in [1.54, 1.807) is 0 Å². The van der Waals surface area contributed by atoms with Gasteiger partial charge in [-0.15, -0.1) is 0 Å². The summed E-state index contributed by atoms with van der Waals surface area (Å²) in [7, 11) is 2.07. The summed E-state index contributed by atoms with van der Waals surface area (Å²) in [5.74, 6) is 1.04. The first kappa shape index (κ1) is 14.3. The molecule has 1 aromatic rings. The number of Topliss-reactive ketones (excluding diaryl/α,β-unsaturated/α-hetero) is 1. The number of likely N-dealkylation sites (N-methyl/N-ethyl adjacent to an activating group) is 1. The van der Waals surface area contributed by atoms with Crippen LogP contribution in [-0.4, -0.2) is 30.8 Å². The fraction of sp³-hybridized carbons (Fsp3) is 0.588. The Balaban J connectivity index is 1.84. The molecule has 0 N–H and O–H groups in total. The third kappa shape index (κ3) is 4.17. The molecule has 0 amide bonds. The number of rotatable bonds is 6. The second-order valence-electron chi connectivity index (χ2n) is 5.82. The molecule has 0 radical (unpaired) electrons. The second-order valence-corrected chi connectivity index (χ2v) is 5.82. The van der Waals surface area contributed by atoms with Gasteiger partial charge in [0, 0.05) is 12.1 Å². The van der Waals surface area contributed by atoms with Crippen LogP contribution in [0.25, 0.3) is 0 Å². The molecule has 2 heteroatoms. The van der Waals surface area contributed by atoms with Gasteiger partial charge >= 0.3 is 0 Å². The number of benzene rings is 1. The third-order valence-electron chi connectivity index (χ3n) is 4.14. The first-order chi connectivity index (χ1) is 9.19. The van der Waals surface area contributed by atoms with E-state index in [4.69, 9.17) is 0 Å². The molecular weight excluding hydrogens is 234 g/mol. The lowest BCUT2D eigenvalue weighted by atomic mass is 10.1. The van der Waals surface area contributed by atoms with Crippen molar-refractivity contribution in [1.29, 1.82) is 0 Å². The molecule has 19 heavy (non-hydrogen) atoms. The van der Waals surface area contributed by atoms with E-state index < -0.39 is 0 Å². The quantitative estimate of drug-likeness (QED) is 0.728. The summed E-state index contributed by atoms with van der Waals surface area (Å²) in [6.07, 6.45) is 6.43. The molecule has 0 bridgehead atoms. The molecule has 0 heterocycles. The highest BCUT2D eigenvalue weighted by atomic mass is 16.1. The van der Waals surface area contributed by atoms with Crippen molar-refractivity contribution in [1.82, 2.24) is 4.90 Å². The summed E-state index contributed by atoms with van der Waals surface area (Å²) in [5.41, 5.74) is 2.13. The highest BCUT2D eigenvalue weighted by Crippen LogP contribution is 2.25. The van der Waals surface area contributed by atoms with E-state index in [0.29, 0.717) is 6.54 Å². The van der Waals surface area contributed by atoms with Gasteiger partial charge in [-0.05, 0) is 37.8 Å². The smallest absolute Gasteiger partial charge is 0.176 e. The number of carbonyl (C=O) groups excluding carboxylic acids is 1. The van der Waals surface area contributed by atoms with E-state index in [1.165, 1.54) is 31.2 Å². The minimum absolute atomic E-state index is 0.239. The summed E-state index contributed by atoms with van der Waals surface area (Å²) in [6.45, 7) is 3.74. The molecule has 0 aliphatic heterocycles. The molecule has 0 spiro atoms. The standard InChI is InChI=1S/C17H25NO/c1-3-14-8-10-16(11-9-14)17(19)13-18(2)12-15-6-4-5-7-15/h8-11,15H,3-7,12-13H2,1-2H3. The summed E-state index contributed by atoms with van der Waals surface area (Å²) in [4.78, 5) is 14.4. The molecule has 0 atom stereocenters. The minimum atomic E-state index is 0.239. The lowest BCUT2D eigenvalue weighted by Gasteiger charge is -2.19. The van der Waals surface area contributed by atoms with Crippen molar-refractivity contribution >= 4 is 5.78 Å². The summed E-state index contributed by atoms with van der Waals surface area (Å²) in [6, 6.07) is 8.05. The maximum Gasteiger partial charge on any atom is 0.176 e. The van der Waals surface area contributed by atoms with E-state index in [-0.39, 0.29) is 5.78 Å². The van der Waals surface area contributed by atoms with Gasteiger partial charge in [-0.2, -0.15) is 0 Å². The van der Waals surface area contributed by atoms with Gasteiger partial charge in [0.05, 0.1) is 6.54 Å². The maximum absolute atomic E-state index is 12.2. The van der Waals surface area contributed by atoms with Gasteiger partial charge in [0.2, 0.25) is 0 Å². The summed E-state index contributed by atoms with van der Waals surface area (Å²) >= 11 is 0. The topological polar surface area (TPSA) is 20.3 Å². The highest BCUT2D eigenvalue weighted by molar-refractivity contribution is 5.97. The van der Waals surface area contributed by atoms with Crippen molar-refractivity contribution in [2.45, 2.75) is 39.0 Å². The van der Waals surface area contributed by atoms with Crippen LogP contribution < -0.4 is 0 Å². The number of carbonyl (C=O) groups is 1. The average molecular weight is 259 g/mol. The van der Waals surface area contributed by atoms with Crippen LogP contribution in [0.4, 0.5) is 0 Å². The van der Waals surface area contributed by atoms with Crippen molar-refractivity contribution in [3.63, 3.8) is 0 Å². The van der Waals surface area contributed by atoms with Gasteiger partial charge < -0.3 is 0 Å². The molecule has 1 aliphatic rings. The highest BCUT2D eigenvalue weighted by Gasteiger charge is 2.18. The van der Waals surface area contributed by atoms with E-state index in [0.717, 1.165) is 24.4 Å². The van der Waals surface area contributed by atoms with Gasteiger partial charge in [-0.25, -0.2) is 0 Å². The summed E-state index contributed by atoms with van der Waals surface area (Å²) in [5, 5.41) is 0. The molecule has 0 aromatic heterocycles. The maximum atomic E-state index is 12.2. The molecule has 1 aromatic carbocycles. The Labute approximate surface area is 116 Å². The Hall–Kier alpha value is -1.15. The Morgan fingerprint density at radius 1 is 1.21 bits per heavy atom. The van der Waals surface area contributed by atoms with Crippen molar-refractivity contribution in [3.05, 3.63) is 35.4 Å².